The Balaban J connectivity index is 2.31. The summed E-state index contributed by atoms with van der Waals surface area (Å²) in [6.07, 6.45) is 0. The summed E-state index contributed by atoms with van der Waals surface area (Å²) in [7, 11) is 0. The maximum atomic E-state index is 13.7. The van der Waals surface area contributed by atoms with E-state index in [4.69, 9.17) is 4.74 Å². The number of ether oxygens (including phenoxy) is 1. The summed E-state index contributed by atoms with van der Waals surface area (Å²) in [5, 5.41) is 9.23. The molecule has 0 aliphatic carbocycles. The van der Waals surface area contributed by atoms with Gasteiger partial charge in [-0.2, -0.15) is 0 Å². The van der Waals surface area contributed by atoms with Crippen LogP contribution in [0.5, 0.6) is 0 Å². The number of hydrogen-bond acceptors (Lipinski definition) is 3. The zero-order valence-electron chi connectivity index (χ0n) is 9.60. The smallest absolute Gasteiger partial charge is 0.325 e. The van der Waals surface area contributed by atoms with E-state index in [9.17, 15) is 18.7 Å². The van der Waals surface area contributed by atoms with E-state index >= 15 is 0 Å². The maximum absolute atomic E-state index is 13.7. The van der Waals surface area contributed by atoms with Crippen molar-refractivity contribution in [2.75, 3.05) is 26.3 Å². The molecule has 0 aromatic heterocycles. The number of carboxylic acids is 1. The van der Waals surface area contributed by atoms with Crippen LogP contribution < -0.4 is 0 Å². The molecule has 18 heavy (non-hydrogen) atoms. The molecule has 1 atom stereocenters. The highest BCUT2D eigenvalue weighted by molar-refractivity contribution is 5.75. The Morgan fingerprint density at radius 3 is 2.56 bits per heavy atom. The number of halogens is 2. The maximum Gasteiger partial charge on any atom is 0.325 e. The molecule has 0 radical (unpaired) electrons. The number of aliphatic carboxylic acids is 1. The molecule has 4 nitrogen and oxygen atoms in total. The minimum absolute atomic E-state index is 0.0224. The fourth-order valence-electron chi connectivity index (χ4n) is 2.04. The number of morpholine rings is 1. The number of carboxylic acid groups (broad SMARTS) is 1. The number of benzene rings is 1. The third-order valence-corrected chi connectivity index (χ3v) is 2.90. The molecule has 1 unspecified atom stereocenters. The molecule has 1 fully saturated rings. The highest BCUT2D eigenvalue weighted by atomic mass is 19.1. The minimum atomic E-state index is -1.15. The number of carbonyl (C=O) groups is 1. The van der Waals surface area contributed by atoms with E-state index < -0.39 is 23.6 Å². The van der Waals surface area contributed by atoms with Crippen molar-refractivity contribution >= 4 is 5.97 Å². The number of hydrogen-bond donors (Lipinski definition) is 1. The molecule has 0 spiro atoms. The van der Waals surface area contributed by atoms with Gasteiger partial charge >= 0.3 is 5.97 Å². The Kier molecular flexibility index (Phi) is 3.88. The van der Waals surface area contributed by atoms with Crippen molar-refractivity contribution in [3.8, 4) is 0 Å². The molecule has 1 aliphatic heterocycles. The Morgan fingerprint density at radius 1 is 1.33 bits per heavy atom. The molecule has 1 heterocycles. The van der Waals surface area contributed by atoms with Crippen LogP contribution in [-0.2, 0) is 9.53 Å². The fraction of sp³-hybridized carbons (Fsp3) is 0.417. The van der Waals surface area contributed by atoms with Gasteiger partial charge in [0.25, 0.3) is 0 Å². The molecule has 98 valence electrons. The quantitative estimate of drug-likeness (QED) is 0.889. The molecule has 1 aromatic carbocycles. The second-order valence-electron chi connectivity index (χ2n) is 4.05. The van der Waals surface area contributed by atoms with Crippen molar-refractivity contribution in [2.24, 2.45) is 0 Å². The average Bonchev–Trinajstić information content (AvgIpc) is 2.33. The molecule has 0 amide bonds. The predicted octanol–water partition coefficient (Wildman–Crippen LogP) is 1.42. The van der Waals surface area contributed by atoms with Crippen molar-refractivity contribution in [3.05, 3.63) is 35.4 Å². The van der Waals surface area contributed by atoms with Gasteiger partial charge in [-0.3, -0.25) is 9.69 Å². The van der Waals surface area contributed by atoms with Crippen LogP contribution in [0.15, 0.2) is 18.2 Å². The minimum Gasteiger partial charge on any atom is -0.480 e. The predicted molar refractivity (Wildman–Crippen MR) is 59.1 cm³/mol. The molecule has 0 saturated carbocycles. The van der Waals surface area contributed by atoms with Crippen molar-refractivity contribution in [3.63, 3.8) is 0 Å². The first kappa shape index (κ1) is 12.9. The van der Waals surface area contributed by atoms with Crippen LogP contribution >= 0.6 is 0 Å². The number of nitrogens with zero attached hydrogens (tertiary/aromatic N) is 1. The lowest BCUT2D eigenvalue weighted by atomic mass is 10.0. The average molecular weight is 257 g/mol. The van der Waals surface area contributed by atoms with Crippen LogP contribution in [0.25, 0.3) is 0 Å². The van der Waals surface area contributed by atoms with Crippen LogP contribution in [0, 0.1) is 11.6 Å². The van der Waals surface area contributed by atoms with E-state index in [1.807, 2.05) is 0 Å². The molecule has 2 rings (SSSR count). The van der Waals surface area contributed by atoms with E-state index in [2.05, 4.69) is 0 Å². The molecule has 1 aromatic rings. The molecule has 1 N–H and O–H groups in total. The Morgan fingerprint density at radius 2 is 2.00 bits per heavy atom. The Hall–Kier alpha value is -1.53. The van der Waals surface area contributed by atoms with Gasteiger partial charge in [-0.15, -0.1) is 0 Å². The summed E-state index contributed by atoms with van der Waals surface area (Å²) in [6, 6.07) is 1.84. The topological polar surface area (TPSA) is 49.8 Å². The normalized spacial score (nSPS) is 18.6. The van der Waals surface area contributed by atoms with Crippen molar-refractivity contribution in [1.29, 1.82) is 0 Å². The number of rotatable bonds is 3. The fourth-order valence-corrected chi connectivity index (χ4v) is 2.04. The van der Waals surface area contributed by atoms with E-state index in [1.165, 1.54) is 6.07 Å². The summed E-state index contributed by atoms with van der Waals surface area (Å²) in [6.45, 7) is 1.64. The zero-order valence-corrected chi connectivity index (χ0v) is 9.60. The van der Waals surface area contributed by atoms with E-state index in [1.54, 1.807) is 4.90 Å². The molecule has 0 bridgehead atoms. The second kappa shape index (κ2) is 5.41. The van der Waals surface area contributed by atoms with Gasteiger partial charge in [0.15, 0.2) is 0 Å². The third kappa shape index (κ3) is 2.65. The van der Waals surface area contributed by atoms with Gasteiger partial charge in [0.2, 0.25) is 0 Å². The van der Waals surface area contributed by atoms with Gasteiger partial charge in [-0.05, 0) is 6.07 Å². The Labute approximate surface area is 103 Å². The van der Waals surface area contributed by atoms with E-state index in [0.29, 0.717) is 32.4 Å². The van der Waals surface area contributed by atoms with Crippen LogP contribution in [0.1, 0.15) is 11.6 Å². The molecular formula is C12H13F2NO3. The molecule has 1 aliphatic rings. The zero-order chi connectivity index (χ0) is 13.1. The van der Waals surface area contributed by atoms with Gasteiger partial charge in [-0.1, -0.05) is 6.07 Å². The van der Waals surface area contributed by atoms with Gasteiger partial charge in [0.1, 0.15) is 17.7 Å². The van der Waals surface area contributed by atoms with E-state index in [0.717, 1.165) is 6.07 Å². The first-order valence-corrected chi connectivity index (χ1v) is 5.59. The third-order valence-electron chi connectivity index (χ3n) is 2.90. The van der Waals surface area contributed by atoms with E-state index in [-0.39, 0.29) is 5.56 Å². The summed E-state index contributed by atoms with van der Waals surface area (Å²) < 4.78 is 31.6. The summed E-state index contributed by atoms with van der Waals surface area (Å²) in [5.41, 5.74) is -0.0224. The van der Waals surface area contributed by atoms with Crippen molar-refractivity contribution in [2.45, 2.75) is 6.04 Å². The highest BCUT2D eigenvalue weighted by Crippen LogP contribution is 2.25. The molecule has 6 heteroatoms. The largest absolute Gasteiger partial charge is 0.480 e. The van der Waals surface area contributed by atoms with Gasteiger partial charge in [0.05, 0.1) is 13.2 Å². The molecular weight excluding hydrogens is 244 g/mol. The SMILES string of the molecule is O=C(O)C(c1ccc(F)cc1F)N1CCOCC1. The van der Waals surface area contributed by atoms with Crippen LogP contribution in [0.2, 0.25) is 0 Å². The standard InChI is InChI=1S/C12H13F2NO3/c13-8-1-2-9(10(14)7-8)11(12(16)17)15-3-5-18-6-4-15/h1-2,7,11H,3-6H2,(H,16,17). The summed E-state index contributed by atoms with van der Waals surface area (Å²) in [4.78, 5) is 12.9. The van der Waals surface area contributed by atoms with Gasteiger partial charge < -0.3 is 9.84 Å². The first-order chi connectivity index (χ1) is 8.59. The lowest BCUT2D eigenvalue weighted by Gasteiger charge is -2.32. The van der Waals surface area contributed by atoms with Crippen LogP contribution in [0.3, 0.4) is 0 Å². The first-order valence-electron chi connectivity index (χ1n) is 5.59. The van der Waals surface area contributed by atoms with Crippen LogP contribution in [-0.4, -0.2) is 42.3 Å². The lowest BCUT2D eigenvalue weighted by Crippen LogP contribution is -2.42. The summed E-state index contributed by atoms with van der Waals surface area (Å²) >= 11 is 0. The highest BCUT2D eigenvalue weighted by Gasteiger charge is 2.30. The summed E-state index contributed by atoms with van der Waals surface area (Å²) in [5.74, 6) is -2.71. The van der Waals surface area contributed by atoms with Gasteiger partial charge in [0, 0.05) is 24.7 Å². The Bertz CT molecular complexity index is 447. The van der Waals surface area contributed by atoms with Crippen molar-refractivity contribution < 1.29 is 23.4 Å². The molecule has 1 saturated heterocycles. The van der Waals surface area contributed by atoms with Crippen molar-refractivity contribution in [1.82, 2.24) is 4.90 Å². The monoisotopic (exact) mass is 257 g/mol. The van der Waals surface area contributed by atoms with Crippen LogP contribution in [0.4, 0.5) is 8.78 Å². The van der Waals surface area contributed by atoms with Gasteiger partial charge in [-0.25, -0.2) is 8.78 Å². The second-order valence-corrected chi connectivity index (χ2v) is 4.05. The lowest BCUT2D eigenvalue weighted by molar-refractivity contribution is -0.145.